The smallest absolute Gasteiger partial charge is 0.478 e. The first-order valence-corrected chi connectivity index (χ1v) is 10.7. The number of carbonyl (C=O) groups is 2. The molecule has 1 aromatic carbocycles. The number of hydrogen-bond acceptors (Lipinski definition) is 6. The number of carboxylic acids is 2. The lowest BCUT2D eigenvalue weighted by molar-refractivity contribution is -0.192. The molecule has 0 unspecified atom stereocenters. The van der Waals surface area contributed by atoms with Crippen LogP contribution in [0, 0.1) is 12.7 Å². The van der Waals surface area contributed by atoms with E-state index in [2.05, 4.69) is 9.71 Å². The zero-order valence-electron chi connectivity index (χ0n) is 17.6. The van der Waals surface area contributed by atoms with Gasteiger partial charge in [0.15, 0.2) is 0 Å². The van der Waals surface area contributed by atoms with Gasteiger partial charge < -0.3 is 15.1 Å². The van der Waals surface area contributed by atoms with Crippen molar-refractivity contribution in [3.05, 3.63) is 47.4 Å². The molecule has 182 valence electrons. The second-order valence-electron chi connectivity index (χ2n) is 6.39. The van der Waals surface area contributed by atoms with Crippen LogP contribution < -0.4 is 9.62 Å². The molecule has 0 radical (unpaired) electrons. The maximum Gasteiger partial charge on any atom is 0.490 e. The summed E-state index contributed by atoms with van der Waals surface area (Å²) in [6.45, 7) is 6.37. The number of carboxylic acid groups (broad SMARTS) is 2. The summed E-state index contributed by atoms with van der Waals surface area (Å²) >= 11 is 0. The molecule has 2 aromatic rings. The first-order valence-electron chi connectivity index (χ1n) is 9.21. The van der Waals surface area contributed by atoms with Crippen LogP contribution in [0.4, 0.5) is 29.1 Å². The Balaban J connectivity index is 0.000000675. The van der Waals surface area contributed by atoms with Crippen LogP contribution in [0.1, 0.15) is 29.8 Å². The molecule has 2 rings (SSSR count). The Morgan fingerprint density at radius 2 is 1.67 bits per heavy atom. The van der Waals surface area contributed by atoms with Gasteiger partial charge in [0.1, 0.15) is 17.2 Å². The van der Waals surface area contributed by atoms with Gasteiger partial charge in [-0.25, -0.2) is 27.4 Å². The number of alkyl halides is 3. The van der Waals surface area contributed by atoms with Crippen molar-refractivity contribution in [1.29, 1.82) is 0 Å². The van der Waals surface area contributed by atoms with Crippen molar-refractivity contribution >= 4 is 33.5 Å². The molecule has 14 heteroatoms. The molecule has 0 aliphatic rings. The number of aliphatic carboxylic acids is 1. The number of hydrogen-bond donors (Lipinski definition) is 3. The highest BCUT2D eigenvalue weighted by atomic mass is 32.2. The van der Waals surface area contributed by atoms with Crippen molar-refractivity contribution in [3.63, 3.8) is 0 Å². The number of aromatic nitrogens is 1. The minimum Gasteiger partial charge on any atom is -0.478 e. The van der Waals surface area contributed by atoms with Gasteiger partial charge in [-0.05, 0) is 44.5 Å². The minimum absolute atomic E-state index is 0.0121. The number of aromatic carboxylic acids is 1. The predicted molar refractivity (Wildman–Crippen MR) is 110 cm³/mol. The van der Waals surface area contributed by atoms with Gasteiger partial charge in [0.05, 0.1) is 16.8 Å². The molecule has 33 heavy (non-hydrogen) atoms. The molecule has 0 saturated carbocycles. The van der Waals surface area contributed by atoms with Crippen molar-refractivity contribution < 1.29 is 45.8 Å². The van der Waals surface area contributed by atoms with Crippen LogP contribution in [0.15, 0.2) is 35.4 Å². The molecule has 0 spiro atoms. The monoisotopic (exact) mass is 495 g/mol. The molecule has 0 aliphatic heterocycles. The molecular weight excluding hydrogens is 474 g/mol. The zero-order chi connectivity index (χ0) is 25.6. The maximum atomic E-state index is 13.4. The highest BCUT2D eigenvalue weighted by Gasteiger charge is 2.38. The lowest BCUT2D eigenvalue weighted by Gasteiger charge is -2.22. The summed E-state index contributed by atoms with van der Waals surface area (Å²) in [6, 6.07) is 4.63. The van der Waals surface area contributed by atoms with E-state index in [4.69, 9.17) is 9.90 Å². The number of rotatable bonds is 7. The predicted octanol–water partition coefficient (Wildman–Crippen LogP) is 3.51. The van der Waals surface area contributed by atoms with Gasteiger partial charge in [0.25, 0.3) is 10.0 Å². The second kappa shape index (κ2) is 10.9. The Morgan fingerprint density at radius 1 is 1.12 bits per heavy atom. The summed E-state index contributed by atoms with van der Waals surface area (Å²) in [4.78, 5) is 26.1. The molecule has 0 fully saturated rings. The third kappa shape index (κ3) is 7.59. The van der Waals surface area contributed by atoms with Crippen LogP contribution in [0.25, 0.3) is 0 Å². The highest BCUT2D eigenvalue weighted by molar-refractivity contribution is 7.92. The summed E-state index contributed by atoms with van der Waals surface area (Å²) < 4.78 is 72.5. The normalized spacial score (nSPS) is 11.2. The lowest BCUT2D eigenvalue weighted by Crippen LogP contribution is -2.25. The lowest BCUT2D eigenvalue weighted by atomic mass is 10.2. The minimum atomic E-state index is -5.08. The average Bonchev–Trinajstić information content (AvgIpc) is 2.70. The molecule has 0 aliphatic carbocycles. The first kappa shape index (κ1) is 27.6. The van der Waals surface area contributed by atoms with E-state index in [1.54, 1.807) is 11.8 Å². The summed E-state index contributed by atoms with van der Waals surface area (Å²) in [7, 11) is -4.09. The number of pyridine rings is 1. The molecule has 0 atom stereocenters. The van der Waals surface area contributed by atoms with Gasteiger partial charge in [0.2, 0.25) is 0 Å². The first-order chi connectivity index (χ1) is 15.1. The van der Waals surface area contributed by atoms with Crippen molar-refractivity contribution in [2.75, 3.05) is 22.7 Å². The second-order valence-corrected chi connectivity index (χ2v) is 8.04. The van der Waals surface area contributed by atoms with E-state index in [1.807, 2.05) is 13.8 Å². The SMILES string of the molecule is CCN(CC)c1ncc(NS(=O)(=O)c2cc(F)ccc2C)cc1C(=O)O.O=C(O)C(F)(F)F. The summed E-state index contributed by atoms with van der Waals surface area (Å²) in [6.07, 6.45) is -3.84. The number of nitrogens with one attached hydrogen (secondary N) is 1. The molecule has 0 amide bonds. The standard InChI is InChI=1S/C17H20FN3O4S.C2HF3O2/c1-4-21(5-2)16-14(17(22)23)9-13(10-19-16)20-26(24,25)15-8-12(18)7-6-11(15)3;3-2(4,5)1(6)7/h6-10,20H,4-5H2,1-3H3,(H,22,23);(H,6,7). The van der Waals surface area contributed by atoms with E-state index in [0.29, 0.717) is 18.7 Å². The highest BCUT2D eigenvalue weighted by Crippen LogP contribution is 2.24. The number of halogens is 4. The Bertz CT molecular complexity index is 1120. The van der Waals surface area contributed by atoms with E-state index < -0.39 is 34.0 Å². The molecule has 0 saturated heterocycles. The average molecular weight is 495 g/mol. The zero-order valence-corrected chi connectivity index (χ0v) is 18.5. The van der Waals surface area contributed by atoms with Gasteiger partial charge in [-0.1, -0.05) is 6.07 Å². The van der Waals surface area contributed by atoms with Crippen LogP contribution in [-0.4, -0.2) is 54.8 Å². The molecule has 1 heterocycles. The Labute approximate surface area is 186 Å². The van der Waals surface area contributed by atoms with E-state index >= 15 is 0 Å². The van der Waals surface area contributed by atoms with Gasteiger partial charge in [-0.15, -0.1) is 0 Å². The number of benzene rings is 1. The van der Waals surface area contributed by atoms with Crippen molar-refractivity contribution in [2.45, 2.75) is 31.8 Å². The van der Waals surface area contributed by atoms with Gasteiger partial charge in [-0.2, -0.15) is 13.2 Å². The topological polar surface area (TPSA) is 137 Å². The van der Waals surface area contributed by atoms with Crippen LogP contribution in [0.2, 0.25) is 0 Å². The van der Waals surface area contributed by atoms with Crippen molar-refractivity contribution in [2.24, 2.45) is 0 Å². The Hall–Kier alpha value is -3.42. The number of sulfonamides is 1. The van der Waals surface area contributed by atoms with Crippen LogP contribution >= 0.6 is 0 Å². The Morgan fingerprint density at radius 3 is 2.12 bits per heavy atom. The third-order valence-corrected chi connectivity index (χ3v) is 5.62. The third-order valence-electron chi connectivity index (χ3n) is 4.09. The largest absolute Gasteiger partial charge is 0.490 e. The Kier molecular flexibility index (Phi) is 9.15. The van der Waals surface area contributed by atoms with Crippen molar-refractivity contribution in [3.8, 4) is 0 Å². The van der Waals surface area contributed by atoms with Gasteiger partial charge in [-0.3, -0.25) is 4.72 Å². The fourth-order valence-electron chi connectivity index (χ4n) is 2.52. The molecule has 1 aromatic heterocycles. The summed E-state index contributed by atoms with van der Waals surface area (Å²) in [5.74, 6) is -4.40. The van der Waals surface area contributed by atoms with E-state index in [1.165, 1.54) is 18.3 Å². The number of nitrogens with zero attached hydrogens (tertiary/aromatic N) is 2. The number of anilines is 2. The van der Waals surface area contributed by atoms with E-state index in [-0.39, 0.29) is 22.0 Å². The molecule has 9 nitrogen and oxygen atoms in total. The number of aryl methyl sites for hydroxylation is 1. The molecule has 3 N–H and O–H groups in total. The summed E-state index contributed by atoms with van der Waals surface area (Å²) in [5.41, 5.74) is 0.233. The maximum absolute atomic E-state index is 13.4. The van der Waals surface area contributed by atoms with Crippen molar-refractivity contribution in [1.82, 2.24) is 4.98 Å². The quantitative estimate of drug-likeness (QED) is 0.497. The summed E-state index contributed by atoms with van der Waals surface area (Å²) in [5, 5.41) is 16.6. The molecular formula is C19H21F4N3O6S. The molecule has 0 bridgehead atoms. The van der Waals surface area contributed by atoms with E-state index in [9.17, 15) is 35.9 Å². The van der Waals surface area contributed by atoms with Crippen LogP contribution in [0.3, 0.4) is 0 Å². The van der Waals surface area contributed by atoms with Crippen LogP contribution in [0.5, 0.6) is 0 Å². The van der Waals surface area contributed by atoms with E-state index in [0.717, 1.165) is 12.1 Å². The van der Waals surface area contributed by atoms with Gasteiger partial charge in [0, 0.05) is 13.1 Å². The fourth-order valence-corrected chi connectivity index (χ4v) is 3.81. The van der Waals surface area contributed by atoms with Gasteiger partial charge >= 0.3 is 18.1 Å². The fraction of sp³-hybridized carbons (Fsp3) is 0.316. The van der Waals surface area contributed by atoms with Crippen LogP contribution in [-0.2, 0) is 14.8 Å².